The Morgan fingerprint density at radius 3 is 2.25 bits per heavy atom. The number of piperazine rings is 1. The molecule has 0 aromatic heterocycles. The molecule has 1 aliphatic rings. The fourth-order valence-corrected chi connectivity index (χ4v) is 3.14. The fraction of sp³-hybridized carbons (Fsp3) is 0.579. The van der Waals surface area contributed by atoms with Gasteiger partial charge in [-0.15, -0.1) is 0 Å². The number of carbonyl (C=O) groups is 2. The van der Waals surface area contributed by atoms with Crippen LogP contribution in [-0.4, -0.2) is 64.6 Å². The Balaban J connectivity index is 2.19. The summed E-state index contributed by atoms with van der Waals surface area (Å²) >= 11 is 0. The van der Waals surface area contributed by atoms with E-state index in [1.165, 1.54) is 25.3 Å². The van der Waals surface area contributed by atoms with Crippen LogP contribution in [0.3, 0.4) is 0 Å². The fourth-order valence-electron chi connectivity index (χ4n) is 3.14. The van der Waals surface area contributed by atoms with Gasteiger partial charge in [0, 0.05) is 30.8 Å². The van der Waals surface area contributed by atoms with Gasteiger partial charge >= 0.3 is 11.8 Å². The lowest BCUT2D eigenvalue weighted by atomic mass is 10.0. The molecule has 0 radical (unpaired) electrons. The third-order valence-corrected chi connectivity index (χ3v) is 4.77. The second-order valence-corrected chi connectivity index (χ2v) is 7.80. The van der Waals surface area contributed by atoms with E-state index in [0.717, 1.165) is 0 Å². The monoisotopic (exact) mass is 393 g/mol. The molecular formula is C19H27N3O6. The molecule has 1 aromatic rings. The zero-order valence-corrected chi connectivity index (χ0v) is 17.1. The molecule has 2 rings (SSSR count). The van der Waals surface area contributed by atoms with Gasteiger partial charge in [0.2, 0.25) is 0 Å². The molecule has 2 amide bonds. The number of nitro groups is 1. The molecular weight excluding hydrogens is 366 g/mol. The molecule has 1 heterocycles. The van der Waals surface area contributed by atoms with Crippen LogP contribution in [0.25, 0.3) is 0 Å². The molecule has 0 bridgehead atoms. The van der Waals surface area contributed by atoms with Crippen molar-refractivity contribution in [2.24, 2.45) is 0 Å². The van der Waals surface area contributed by atoms with E-state index in [-0.39, 0.29) is 35.0 Å². The molecule has 1 fully saturated rings. The van der Waals surface area contributed by atoms with Crippen LogP contribution < -0.4 is 4.74 Å². The van der Waals surface area contributed by atoms with Crippen molar-refractivity contribution in [1.82, 2.24) is 9.80 Å². The van der Waals surface area contributed by atoms with E-state index >= 15 is 0 Å². The first-order chi connectivity index (χ1) is 13.0. The van der Waals surface area contributed by atoms with Crippen molar-refractivity contribution in [3.8, 4) is 5.75 Å². The number of hydrogen-bond acceptors (Lipinski definition) is 6. The second-order valence-electron chi connectivity index (χ2n) is 7.80. The molecule has 9 nitrogen and oxygen atoms in total. The van der Waals surface area contributed by atoms with Gasteiger partial charge in [-0.25, -0.2) is 4.79 Å². The maximum Gasteiger partial charge on any atom is 0.410 e. The van der Waals surface area contributed by atoms with Crippen LogP contribution in [0.15, 0.2) is 18.2 Å². The summed E-state index contributed by atoms with van der Waals surface area (Å²) < 4.78 is 10.4. The van der Waals surface area contributed by atoms with Gasteiger partial charge in [0.25, 0.3) is 5.91 Å². The zero-order chi connectivity index (χ0) is 21.2. The maximum atomic E-state index is 13.0. The number of nitrogens with zero attached hydrogens (tertiary/aromatic N) is 3. The molecule has 0 aliphatic carbocycles. The molecule has 2 atom stereocenters. The predicted octanol–water partition coefficient (Wildman–Crippen LogP) is 3.07. The summed E-state index contributed by atoms with van der Waals surface area (Å²) in [6.07, 6.45) is -0.418. The van der Waals surface area contributed by atoms with E-state index in [4.69, 9.17) is 9.47 Å². The number of benzene rings is 1. The van der Waals surface area contributed by atoms with Crippen molar-refractivity contribution in [1.29, 1.82) is 0 Å². The standard InChI is InChI=1S/C19H27N3O6/c1-12-13(2)21(18(24)28-19(3,4)5)10-9-20(12)17(23)14-7-8-16(27-6)15(11-14)22(25)26/h7-8,11-13H,9-10H2,1-6H3/t12-,13+/m1/s1. The average molecular weight is 393 g/mol. The number of ether oxygens (including phenoxy) is 2. The lowest BCUT2D eigenvalue weighted by Crippen LogP contribution is -2.60. The molecule has 1 aromatic carbocycles. The van der Waals surface area contributed by atoms with Crippen LogP contribution in [0, 0.1) is 10.1 Å². The first kappa shape index (κ1) is 21.5. The quantitative estimate of drug-likeness (QED) is 0.578. The topological polar surface area (TPSA) is 102 Å². The minimum absolute atomic E-state index is 0.0951. The minimum atomic E-state index is -0.602. The highest BCUT2D eigenvalue weighted by molar-refractivity contribution is 5.95. The van der Waals surface area contributed by atoms with Crippen LogP contribution >= 0.6 is 0 Å². The Morgan fingerprint density at radius 1 is 1.14 bits per heavy atom. The van der Waals surface area contributed by atoms with Gasteiger partial charge in [0.05, 0.1) is 18.1 Å². The number of nitro benzene ring substituents is 1. The number of methoxy groups -OCH3 is 1. The smallest absolute Gasteiger partial charge is 0.410 e. The van der Waals surface area contributed by atoms with E-state index in [9.17, 15) is 19.7 Å². The van der Waals surface area contributed by atoms with Crippen LogP contribution in [0.4, 0.5) is 10.5 Å². The van der Waals surface area contributed by atoms with Gasteiger partial charge in [-0.3, -0.25) is 14.9 Å². The summed E-state index contributed by atoms with van der Waals surface area (Å²) in [5.74, 6) is -0.230. The molecule has 0 saturated carbocycles. The summed E-state index contributed by atoms with van der Waals surface area (Å²) in [5.41, 5.74) is -0.659. The van der Waals surface area contributed by atoms with E-state index < -0.39 is 16.6 Å². The van der Waals surface area contributed by atoms with Crippen LogP contribution in [0.2, 0.25) is 0 Å². The third kappa shape index (κ3) is 4.52. The molecule has 0 unspecified atom stereocenters. The minimum Gasteiger partial charge on any atom is -0.490 e. The normalized spacial score (nSPS) is 19.9. The first-order valence-electron chi connectivity index (χ1n) is 9.09. The van der Waals surface area contributed by atoms with Crippen molar-refractivity contribution in [2.75, 3.05) is 20.2 Å². The molecule has 0 N–H and O–H groups in total. The van der Waals surface area contributed by atoms with Crippen molar-refractivity contribution in [3.05, 3.63) is 33.9 Å². The predicted molar refractivity (Wildman–Crippen MR) is 103 cm³/mol. The van der Waals surface area contributed by atoms with Crippen LogP contribution in [0.5, 0.6) is 5.75 Å². The summed E-state index contributed by atoms with van der Waals surface area (Å²) in [5, 5.41) is 11.2. The molecule has 0 spiro atoms. The summed E-state index contributed by atoms with van der Waals surface area (Å²) in [6.45, 7) is 9.73. The summed E-state index contributed by atoms with van der Waals surface area (Å²) in [4.78, 5) is 39.3. The van der Waals surface area contributed by atoms with Gasteiger partial charge in [-0.1, -0.05) is 0 Å². The van der Waals surface area contributed by atoms with Crippen LogP contribution in [0.1, 0.15) is 45.0 Å². The van der Waals surface area contributed by atoms with E-state index in [2.05, 4.69) is 0 Å². The van der Waals surface area contributed by atoms with E-state index in [1.807, 2.05) is 13.8 Å². The first-order valence-corrected chi connectivity index (χ1v) is 9.09. The maximum absolute atomic E-state index is 13.0. The van der Waals surface area contributed by atoms with Gasteiger partial charge < -0.3 is 19.3 Å². The van der Waals surface area contributed by atoms with Gasteiger partial charge in [0.1, 0.15) is 5.60 Å². The summed E-state index contributed by atoms with van der Waals surface area (Å²) in [6, 6.07) is 3.59. The largest absolute Gasteiger partial charge is 0.490 e. The SMILES string of the molecule is COc1ccc(C(=O)N2CCN(C(=O)OC(C)(C)C)[C@@H](C)[C@H]2C)cc1[N+](=O)[O-]. The molecule has 9 heteroatoms. The molecule has 1 aliphatic heterocycles. The highest BCUT2D eigenvalue weighted by Crippen LogP contribution is 2.29. The van der Waals surface area contributed by atoms with Gasteiger partial charge in [-0.05, 0) is 46.8 Å². The highest BCUT2D eigenvalue weighted by atomic mass is 16.6. The Morgan fingerprint density at radius 2 is 1.71 bits per heavy atom. The van der Waals surface area contributed by atoms with Crippen molar-refractivity contribution in [2.45, 2.75) is 52.3 Å². The van der Waals surface area contributed by atoms with Crippen molar-refractivity contribution >= 4 is 17.7 Å². The van der Waals surface area contributed by atoms with Crippen molar-refractivity contribution < 1.29 is 24.0 Å². The number of rotatable bonds is 3. The zero-order valence-electron chi connectivity index (χ0n) is 17.1. The average Bonchev–Trinajstić information content (AvgIpc) is 2.61. The lowest BCUT2D eigenvalue weighted by Gasteiger charge is -2.45. The number of amides is 2. The highest BCUT2D eigenvalue weighted by Gasteiger charge is 2.38. The Kier molecular flexibility index (Phi) is 6.16. The van der Waals surface area contributed by atoms with Crippen LogP contribution in [-0.2, 0) is 4.74 Å². The number of hydrogen-bond donors (Lipinski definition) is 0. The third-order valence-electron chi connectivity index (χ3n) is 4.77. The van der Waals surface area contributed by atoms with Gasteiger partial charge in [-0.2, -0.15) is 0 Å². The van der Waals surface area contributed by atoms with Crippen molar-refractivity contribution in [3.63, 3.8) is 0 Å². The van der Waals surface area contributed by atoms with E-state index in [0.29, 0.717) is 13.1 Å². The molecule has 154 valence electrons. The Bertz CT molecular complexity index is 773. The number of carbonyl (C=O) groups excluding carboxylic acids is 2. The lowest BCUT2D eigenvalue weighted by molar-refractivity contribution is -0.385. The Labute approximate surface area is 164 Å². The second kappa shape index (κ2) is 8.04. The molecule has 28 heavy (non-hydrogen) atoms. The Hall–Kier alpha value is -2.84. The van der Waals surface area contributed by atoms with E-state index in [1.54, 1.807) is 30.6 Å². The van der Waals surface area contributed by atoms with Gasteiger partial charge in [0.15, 0.2) is 5.75 Å². The molecule has 1 saturated heterocycles. The summed E-state index contributed by atoms with van der Waals surface area (Å²) in [7, 11) is 1.34.